The lowest BCUT2D eigenvalue weighted by Crippen LogP contribution is -2.43. The van der Waals surface area contributed by atoms with Crippen molar-refractivity contribution in [2.45, 2.75) is 19.4 Å². The molecule has 26 heavy (non-hydrogen) atoms. The fourth-order valence-electron chi connectivity index (χ4n) is 3.40. The van der Waals surface area contributed by atoms with Crippen LogP contribution in [0.15, 0.2) is 48.9 Å². The Morgan fingerprint density at radius 2 is 2.12 bits per heavy atom. The number of likely N-dealkylation sites (N-methyl/N-ethyl adjacent to an activating group) is 1. The number of carbonyl (C=O) groups is 1. The van der Waals surface area contributed by atoms with Crippen molar-refractivity contribution in [2.24, 2.45) is 5.92 Å². The van der Waals surface area contributed by atoms with Crippen molar-refractivity contribution < 1.29 is 4.79 Å². The maximum Gasteiger partial charge on any atom is 0.234 e. The number of hydrogen-bond donors (Lipinski definition) is 1. The Hall–Kier alpha value is -2.47. The number of nitrogens with one attached hydrogen (secondary N) is 1. The number of rotatable bonds is 7. The van der Waals surface area contributed by atoms with Crippen molar-refractivity contribution in [2.75, 3.05) is 38.1 Å². The van der Waals surface area contributed by atoms with E-state index < -0.39 is 0 Å². The van der Waals surface area contributed by atoms with Crippen LogP contribution in [0.2, 0.25) is 0 Å². The van der Waals surface area contributed by atoms with Gasteiger partial charge in [-0.2, -0.15) is 0 Å². The molecule has 0 saturated carbocycles. The lowest BCUT2D eigenvalue weighted by Gasteiger charge is -2.33. The van der Waals surface area contributed by atoms with Crippen LogP contribution in [-0.4, -0.2) is 54.0 Å². The van der Waals surface area contributed by atoms with Gasteiger partial charge in [0.1, 0.15) is 5.82 Å². The maximum atomic E-state index is 12.2. The lowest BCUT2D eigenvalue weighted by atomic mass is 9.98. The minimum absolute atomic E-state index is 0.0801. The molecule has 138 valence electrons. The van der Waals surface area contributed by atoms with E-state index in [2.05, 4.69) is 26.3 Å². The third kappa shape index (κ3) is 5.52. The predicted octanol–water partition coefficient (Wildman–Crippen LogP) is 1.94. The summed E-state index contributed by atoms with van der Waals surface area (Å²) in [5.41, 5.74) is 1.16. The molecular weight excluding hydrogens is 326 g/mol. The summed E-state index contributed by atoms with van der Waals surface area (Å²) in [5, 5.41) is 3.10. The SMILES string of the molecule is CN(CC(=O)NC[C@H]1CCCN(c2ccccn2)C1)Cc1ccncc1. The van der Waals surface area contributed by atoms with Crippen molar-refractivity contribution >= 4 is 11.7 Å². The van der Waals surface area contributed by atoms with Crippen molar-refractivity contribution in [3.05, 3.63) is 54.5 Å². The van der Waals surface area contributed by atoms with Crippen molar-refractivity contribution in [3.8, 4) is 0 Å². The normalized spacial score (nSPS) is 17.3. The first-order chi connectivity index (χ1) is 12.7. The third-order valence-electron chi connectivity index (χ3n) is 4.70. The molecule has 0 unspecified atom stereocenters. The minimum atomic E-state index is 0.0801. The second kappa shape index (κ2) is 9.29. The molecule has 2 aromatic heterocycles. The molecule has 1 aliphatic rings. The predicted molar refractivity (Wildman–Crippen MR) is 103 cm³/mol. The van der Waals surface area contributed by atoms with E-state index in [1.54, 1.807) is 12.4 Å². The van der Waals surface area contributed by atoms with Gasteiger partial charge < -0.3 is 10.2 Å². The summed E-state index contributed by atoms with van der Waals surface area (Å²) < 4.78 is 0. The largest absolute Gasteiger partial charge is 0.356 e. The zero-order chi connectivity index (χ0) is 18.2. The molecule has 0 bridgehead atoms. The third-order valence-corrected chi connectivity index (χ3v) is 4.70. The summed E-state index contributed by atoms with van der Waals surface area (Å²) >= 11 is 0. The van der Waals surface area contributed by atoms with Crippen LogP contribution >= 0.6 is 0 Å². The number of anilines is 1. The highest BCUT2D eigenvalue weighted by atomic mass is 16.2. The Morgan fingerprint density at radius 3 is 2.88 bits per heavy atom. The van der Waals surface area contributed by atoms with E-state index in [0.717, 1.165) is 50.4 Å². The highest BCUT2D eigenvalue weighted by Crippen LogP contribution is 2.20. The number of amides is 1. The van der Waals surface area contributed by atoms with Crippen LogP contribution in [0.5, 0.6) is 0 Å². The molecule has 3 rings (SSSR count). The van der Waals surface area contributed by atoms with Crippen LogP contribution in [0.4, 0.5) is 5.82 Å². The Labute approximate surface area is 155 Å². The highest BCUT2D eigenvalue weighted by molar-refractivity contribution is 5.77. The zero-order valence-corrected chi connectivity index (χ0v) is 15.3. The summed E-state index contributed by atoms with van der Waals surface area (Å²) in [7, 11) is 1.96. The first kappa shape index (κ1) is 18.3. The van der Waals surface area contributed by atoms with Crippen LogP contribution in [0.25, 0.3) is 0 Å². The van der Waals surface area contributed by atoms with Gasteiger partial charge in [-0.25, -0.2) is 4.98 Å². The molecule has 1 atom stereocenters. The molecule has 6 nitrogen and oxygen atoms in total. The molecule has 0 radical (unpaired) electrons. The van der Waals surface area contributed by atoms with Crippen molar-refractivity contribution in [1.29, 1.82) is 0 Å². The van der Waals surface area contributed by atoms with Crippen LogP contribution in [0.1, 0.15) is 18.4 Å². The van der Waals surface area contributed by atoms with E-state index in [0.29, 0.717) is 12.5 Å². The monoisotopic (exact) mass is 353 g/mol. The summed E-state index contributed by atoms with van der Waals surface area (Å²) in [5.74, 6) is 1.58. The van der Waals surface area contributed by atoms with Crippen LogP contribution in [0.3, 0.4) is 0 Å². The van der Waals surface area contributed by atoms with E-state index in [1.807, 2.05) is 42.4 Å². The van der Waals surface area contributed by atoms with Gasteiger partial charge in [-0.15, -0.1) is 0 Å². The van der Waals surface area contributed by atoms with E-state index in [-0.39, 0.29) is 5.91 Å². The summed E-state index contributed by atoms with van der Waals surface area (Å²) in [6.07, 6.45) is 7.67. The van der Waals surface area contributed by atoms with Gasteiger partial charge in [0, 0.05) is 44.8 Å². The molecule has 1 aliphatic heterocycles. The Morgan fingerprint density at radius 1 is 1.27 bits per heavy atom. The van der Waals surface area contributed by atoms with Gasteiger partial charge in [0.05, 0.1) is 6.54 Å². The number of aromatic nitrogens is 2. The number of pyridine rings is 2. The topological polar surface area (TPSA) is 61.4 Å². The molecule has 1 amide bonds. The Bertz CT molecular complexity index is 679. The lowest BCUT2D eigenvalue weighted by molar-refractivity contribution is -0.122. The zero-order valence-electron chi connectivity index (χ0n) is 15.3. The molecular formula is C20H27N5O. The molecule has 0 aliphatic carbocycles. The van der Waals surface area contributed by atoms with E-state index in [1.165, 1.54) is 0 Å². The molecule has 6 heteroatoms. The van der Waals surface area contributed by atoms with Gasteiger partial charge in [0.2, 0.25) is 5.91 Å². The average molecular weight is 353 g/mol. The Kier molecular flexibility index (Phi) is 6.55. The molecule has 1 N–H and O–H groups in total. The molecule has 1 fully saturated rings. The van der Waals surface area contributed by atoms with Gasteiger partial charge in [0.25, 0.3) is 0 Å². The van der Waals surface area contributed by atoms with Crippen molar-refractivity contribution in [1.82, 2.24) is 20.2 Å². The maximum absolute atomic E-state index is 12.2. The Balaban J connectivity index is 1.41. The fourth-order valence-corrected chi connectivity index (χ4v) is 3.40. The van der Waals surface area contributed by atoms with E-state index in [4.69, 9.17) is 0 Å². The smallest absolute Gasteiger partial charge is 0.234 e. The molecule has 3 heterocycles. The second-order valence-electron chi connectivity index (χ2n) is 6.97. The number of hydrogen-bond acceptors (Lipinski definition) is 5. The van der Waals surface area contributed by atoms with Gasteiger partial charge in [-0.1, -0.05) is 6.07 Å². The van der Waals surface area contributed by atoms with Crippen LogP contribution in [0, 0.1) is 5.92 Å². The summed E-state index contributed by atoms with van der Waals surface area (Å²) in [4.78, 5) is 25.0. The van der Waals surface area contributed by atoms with Gasteiger partial charge in [-0.3, -0.25) is 14.7 Å². The second-order valence-corrected chi connectivity index (χ2v) is 6.97. The molecule has 1 saturated heterocycles. The first-order valence-corrected chi connectivity index (χ1v) is 9.21. The minimum Gasteiger partial charge on any atom is -0.356 e. The van der Waals surface area contributed by atoms with Crippen LogP contribution < -0.4 is 10.2 Å². The first-order valence-electron chi connectivity index (χ1n) is 9.21. The standard InChI is InChI=1S/C20H27N5O/c1-24(14-17-7-10-21-11-8-17)16-20(26)23-13-18-5-4-12-25(15-18)19-6-2-3-9-22-19/h2-3,6-11,18H,4-5,12-16H2,1H3,(H,23,26)/t18-/m1/s1. The van der Waals surface area contributed by atoms with Gasteiger partial charge in [-0.05, 0) is 55.6 Å². The van der Waals surface area contributed by atoms with Crippen LogP contribution in [-0.2, 0) is 11.3 Å². The summed E-state index contributed by atoms with van der Waals surface area (Å²) in [6, 6.07) is 9.96. The van der Waals surface area contributed by atoms with Crippen molar-refractivity contribution in [3.63, 3.8) is 0 Å². The highest BCUT2D eigenvalue weighted by Gasteiger charge is 2.21. The molecule has 2 aromatic rings. The molecule has 0 aromatic carbocycles. The molecule has 0 spiro atoms. The number of nitrogens with zero attached hydrogens (tertiary/aromatic N) is 4. The van der Waals surface area contributed by atoms with E-state index in [9.17, 15) is 4.79 Å². The van der Waals surface area contributed by atoms with Gasteiger partial charge >= 0.3 is 0 Å². The summed E-state index contributed by atoms with van der Waals surface area (Å²) in [6.45, 7) is 3.86. The van der Waals surface area contributed by atoms with Gasteiger partial charge in [0.15, 0.2) is 0 Å². The van der Waals surface area contributed by atoms with E-state index >= 15 is 0 Å². The number of piperidine rings is 1. The fraction of sp³-hybridized carbons (Fsp3) is 0.450. The average Bonchev–Trinajstić information content (AvgIpc) is 2.68. The quantitative estimate of drug-likeness (QED) is 0.824. The number of carbonyl (C=O) groups excluding carboxylic acids is 1.